The van der Waals surface area contributed by atoms with Crippen molar-refractivity contribution in [1.82, 2.24) is 10.4 Å². The minimum atomic E-state index is -0.620. The Hall–Kier alpha value is -1.67. The van der Waals surface area contributed by atoms with Crippen molar-refractivity contribution in [2.24, 2.45) is 0 Å². The van der Waals surface area contributed by atoms with Gasteiger partial charge in [0.1, 0.15) is 18.6 Å². The monoisotopic (exact) mass is 310 g/mol. The molecule has 1 unspecified atom stereocenters. The van der Waals surface area contributed by atoms with E-state index in [0.717, 1.165) is 5.56 Å². The summed E-state index contributed by atoms with van der Waals surface area (Å²) in [6.45, 7) is 3.38. The van der Waals surface area contributed by atoms with Crippen LogP contribution in [-0.4, -0.2) is 53.7 Å². The summed E-state index contributed by atoms with van der Waals surface area (Å²) in [6.07, 6.45) is -0.105. The molecule has 1 aliphatic heterocycles. The highest BCUT2D eigenvalue weighted by Crippen LogP contribution is 2.27. The van der Waals surface area contributed by atoms with Gasteiger partial charge in [0.05, 0.1) is 0 Å². The number of ether oxygens (including phenoxy) is 2. The molecule has 1 aromatic rings. The van der Waals surface area contributed by atoms with Crippen LogP contribution in [0.5, 0.6) is 5.75 Å². The molecule has 1 aromatic carbocycles. The maximum absolute atomic E-state index is 11.5. The third-order valence-electron chi connectivity index (χ3n) is 3.79. The number of rotatable bonds is 5. The molecule has 0 aliphatic carbocycles. The number of methoxy groups -OCH3 is 1. The van der Waals surface area contributed by atoms with Crippen LogP contribution in [0.4, 0.5) is 0 Å². The van der Waals surface area contributed by atoms with Gasteiger partial charge in [0.25, 0.3) is 5.91 Å². The van der Waals surface area contributed by atoms with Crippen LogP contribution >= 0.6 is 0 Å². The van der Waals surface area contributed by atoms with E-state index in [9.17, 15) is 9.90 Å². The number of hydrogen-bond donors (Lipinski definition) is 3. The van der Waals surface area contributed by atoms with Gasteiger partial charge in [-0.15, -0.1) is 0 Å². The van der Waals surface area contributed by atoms with E-state index < -0.39 is 12.1 Å². The van der Waals surface area contributed by atoms with Crippen LogP contribution in [0.25, 0.3) is 0 Å². The lowest BCUT2D eigenvalue weighted by Crippen LogP contribution is -2.43. The van der Waals surface area contributed by atoms with E-state index in [0.29, 0.717) is 37.5 Å². The van der Waals surface area contributed by atoms with E-state index in [1.807, 2.05) is 11.8 Å². The number of carbonyl (C=O) groups is 1. The summed E-state index contributed by atoms with van der Waals surface area (Å²) in [5.74, 6) is 0.00933. The summed E-state index contributed by atoms with van der Waals surface area (Å²) in [6, 6.07) is 5.00. The molecule has 1 aliphatic rings. The number of aliphatic hydroxyl groups is 1. The average Bonchev–Trinajstić information content (AvgIpc) is 2.70. The van der Waals surface area contributed by atoms with Gasteiger partial charge >= 0.3 is 0 Å². The molecule has 0 fully saturated rings. The van der Waals surface area contributed by atoms with Crippen molar-refractivity contribution in [1.29, 1.82) is 0 Å². The van der Waals surface area contributed by atoms with Crippen LogP contribution in [-0.2, 0) is 11.3 Å². The number of aliphatic hydroxyl groups excluding tert-OH is 1. The first-order valence-corrected chi connectivity index (χ1v) is 7.19. The van der Waals surface area contributed by atoms with Crippen LogP contribution in [0, 0.1) is 0 Å². The second-order valence-corrected chi connectivity index (χ2v) is 5.36. The summed E-state index contributed by atoms with van der Waals surface area (Å²) >= 11 is 0. The minimum Gasteiger partial charge on any atom is -0.492 e. The lowest BCUT2D eigenvalue weighted by Gasteiger charge is -2.30. The van der Waals surface area contributed by atoms with E-state index >= 15 is 0 Å². The molecular formula is C15H22N2O5. The van der Waals surface area contributed by atoms with Gasteiger partial charge < -0.3 is 14.6 Å². The Morgan fingerprint density at radius 1 is 1.59 bits per heavy atom. The SMILES string of the molecule is COCCC(O)N1Cc2ccc(C(=O)NO)cc2OC[C@@H]1C. The van der Waals surface area contributed by atoms with Gasteiger partial charge in [-0.05, 0) is 19.1 Å². The van der Waals surface area contributed by atoms with Crippen molar-refractivity contribution < 1.29 is 24.6 Å². The molecular weight excluding hydrogens is 288 g/mol. The summed E-state index contributed by atoms with van der Waals surface area (Å²) in [7, 11) is 1.60. The number of carbonyl (C=O) groups excluding carboxylic acids is 1. The molecule has 3 N–H and O–H groups in total. The van der Waals surface area contributed by atoms with Crippen LogP contribution in [0.3, 0.4) is 0 Å². The molecule has 22 heavy (non-hydrogen) atoms. The number of nitrogens with one attached hydrogen (secondary N) is 1. The normalized spacial score (nSPS) is 19.7. The number of hydrogen-bond acceptors (Lipinski definition) is 6. The molecule has 122 valence electrons. The third-order valence-corrected chi connectivity index (χ3v) is 3.79. The van der Waals surface area contributed by atoms with Gasteiger partial charge in [0.15, 0.2) is 0 Å². The molecule has 0 saturated heterocycles. The standard InChI is InChI=1S/C15H22N2O5/c1-10-9-22-13-7-11(15(19)16-20)3-4-12(13)8-17(10)14(18)5-6-21-2/h3-4,7,10,14,18,20H,5-6,8-9H2,1-2H3,(H,16,19)/t10-,14?/m0/s1. The molecule has 0 saturated carbocycles. The second-order valence-electron chi connectivity index (χ2n) is 5.36. The van der Waals surface area contributed by atoms with Gasteiger partial charge in [-0.25, -0.2) is 5.48 Å². The molecule has 0 aromatic heterocycles. The number of amides is 1. The van der Waals surface area contributed by atoms with E-state index in [4.69, 9.17) is 14.7 Å². The van der Waals surface area contributed by atoms with E-state index in [1.165, 1.54) is 0 Å². The van der Waals surface area contributed by atoms with E-state index in [2.05, 4.69) is 0 Å². The van der Waals surface area contributed by atoms with Gasteiger partial charge in [-0.1, -0.05) is 6.07 Å². The zero-order valence-corrected chi connectivity index (χ0v) is 12.8. The molecule has 7 nitrogen and oxygen atoms in total. The predicted molar refractivity (Wildman–Crippen MR) is 78.7 cm³/mol. The van der Waals surface area contributed by atoms with E-state index in [1.54, 1.807) is 30.8 Å². The predicted octanol–water partition coefficient (Wildman–Crippen LogP) is 0.743. The Morgan fingerprint density at radius 2 is 2.36 bits per heavy atom. The Balaban J connectivity index is 2.19. The Labute approximate surface area is 129 Å². The molecule has 2 rings (SSSR count). The van der Waals surface area contributed by atoms with Crippen molar-refractivity contribution in [3.8, 4) is 5.75 Å². The van der Waals surface area contributed by atoms with Crippen molar-refractivity contribution in [3.63, 3.8) is 0 Å². The highest BCUT2D eigenvalue weighted by molar-refractivity contribution is 5.93. The second kappa shape index (κ2) is 7.55. The Kier molecular flexibility index (Phi) is 5.73. The molecule has 0 radical (unpaired) electrons. The van der Waals surface area contributed by atoms with Gasteiger partial charge in [-0.3, -0.25) is 14.9 Å². The maximum atomic E-state index is 11.5. The maximum Gasteiger partial charge on any atom is 0.274 e. The first-order chi connectivity index (χ1) is 10.6. The Bertz CT molecular complexity index is 523. The number of hydroxylamine groups is 1. The van der Waals surface area contributed by atoms with Gasteiger partial charge in [-0.2, -0.15) is 0 Å². The van der Waals surface area contributed by atoms with Crippen LogP contribution < -0.4 is 10.2 Å². The summed E-state index contributed by atoms with van der Waals surface area (Å²) < 4.78 is 10.7. The summed E-state index contributed by atoms with van der Waals surface area (Å²) in [5.41, 5.74) is 2.81. The molecule has 0 bridgehead atoms. The Morgan fingerprint density at radius 3 is 3.05 bits per heavy atom. The number of nitrogens with zero attached hydrogens (tertiary/aromatic N) is 1. The fraction of sp³-hybridized carbons (Fsp3) is 0.533. The zero-order valence-electron chi connectivity index (χ0n) is 12.8. The topological polar surface area (TPSA) is 91.3 Å². The fourth-order valence-corrected chi connectivity index (χ4v) is 2.47. The highest BCUT2D eigenvalue weighted by Gasteiger charge is 2.27. The summed E-state index contributed by atoms with van der Waals surface area (Å²) in [4.78, 5) is 13.4. The van der Waals surface area contributed by atoms with Crippen LogP contribution in [0.15, 0.2) is 18.2 Å². The van der Waals surface area contributed by atoms with Gasteiger partial charge in [0, 0.05) is 43.9 Å². The first-order valence-electron chi connectivity index (χ1n) is 7.19. The molecule has 0 spiro atoms. The number of fused-ring (bicyclic) bond motifs is 1. The number of benzene rings is 1. The summed E-state index contributed by atoms with van der Waals surface area (Å²) in [5, 5.41) is 19.0. The smallest absolute Gasteiger partial charge is 0.274 e. The molecule has 2 atom stereocenters. The quantitative estimate of drug-likeness (QED) is 0.549. The highest BCUT2D eigenvalue weighted by atomic mass is 16.5. The van der Waals surface area contributed by atoms with Crippen molar-refractivity contribution in [2.75, 3.05) is 20.3 Å². The van der Waals surface area contributed by atoms with E-state index in [-0.39, 0.29) is 6.04 Å². The lowest BCUT2D eigenvalue weighted by molar-refractivity contribution is -0.0475. The minimum absolute atomic E-state index is 0.0226. The van der Waals surface area contributed by atoms with Crippen molar-refractivity contribution >= 4 is 5.91 Å². The van der Waals surface area contributed by atoms with Crippen LogP contribution in [0.1, 0.15) is 29.3 Å². The average molecular weight is 310 g/mol. The zero-order chi connectivity index (χ0) is 16.1. The van der Waals surface area contributed by atoms with Crippen molar-refractivity contribution in [2.45, 2.75) is 32.2 Å². The van der Waals surface area contributed by atoms with Crippen molar-refractivity contribution in [3.05, 3.63) is 29.3 Å². The molecule has 1 heterocycles. The molecule has 1 amide bonds. The molecule has 7 heteroatoms. The largest absolute Gasteiger partial charge is 0.492 e. The third kappa shape index (κ3) is 3.75. The lowest BCUT2D eigenvalue weighted by atomic mass is 10.1. The van der Waals surface area contributed by atoms with Gasteiger partial charge in [0.2, 0.25) is 0 Å². The van der Waals surface area contributed by atoms with Crippen LogP contribution in [0.2, 0.25) is 0 Å². The fourth-order valence-electron chi connectivity index (χ4n) is 2.47. The first kappa shape index (κ1) is 16.7.